The van der Waals surface area contributed by atoms with E-state index in [2.05, 4.69) is 30.5 Å². The Morgan fingerprint density at radius 2 is 0.833 bits per heavy atom. The molecule has 0 bridgehead atoms. The van der Waals surface area contributed by atoms with E-state index in [9.17, 15) is 23.8 Å². The van der Waals surface area contributed by atoms with E-state index in [1.807, 2.05) is 0 Å². The topological polar surface area (TPSA) is 172 Å². The number of carbonyl (C=O) groups is 3. The Balaban J connectivity index is 4.21. The summed E-state index contributed by atoms with van der Waals surface area (Å²) in [6.45, 7) is 2.83. The van der Waals surface area contributed by atoms with Crippen molar-refractivity contribution >= 4 is 25.7 Å². The number of carbonyl (C=O) groups excluding carboxylic acids is 2. The van der Waals surface area contributed by atoms with Crippen LogP contribution in [0, 0.1) is 0 Å². The molecule has 0 rings (SSSR count). The number of nitrogens with two attached hydrogens (primary N) is 1. The average molecular weight is 874 g/mol. The van der Waals surface area contributed by atoms with Crippen LogP contribution in [-0.2, 0) is 37.5 Å². The van der Waals surface area contributed by atoms with E-state index in [4.69, 9.17) is 24.8 Å². The monoisotopic (exact) mass is 874 g/mol. The lowest BCUT2D eigenvalue weighted by molar-refractivity contribution is -0.161. The van der Waals surface area contributed by atoms with Crippen LogP contribution >= 0.6 is 7.82 Å². The minimum atomic E-state index is -4.72. The molecule has 0 aromatic carbocycles. The summed E-state index contributed by atoms with van der Waals surface area (Å²) in [6, 6.07) is -1.52. The molecule has 4 N–H and O–H groups in total. The number of phosphoric ester groups is 1. The highest BCUT2D eigenvalue weighted by atomic mass is 31.2. The molecule has 0 aliphatic heterocycles. The number of aliphatic carboxylic acids is 1. The normalized spacial score (nSPS) is 13.7. The lowest BCUT2D eigenvalue weighted by atomic mass is 10.0. The second kappa shape index (κ2) is 43.9. The Morgan fingerprint density at radius 1 is 0.500 bits per heavy atom. The maximum atomic E-state index is 12.6. The number of hydrogen-bond donors (Lipinski definition) is 3. The molecule has 0 saturated heterocycles. The molecule has 11 nitrogen and oxygen atoms in total. The first kappa shape index (κ1) is 58.2. The van der Waals surface area contributed by atoms with Crippen molar-refractivity contribution in [3.05, 3.63) is 12.2 Å². The SMILES string of the molecule is CCCCCCCC/C=C/CCCCCCCC(=O)O[C@@H](COC(=O)CCCCCCCCCCCCCCCCCCCCCCC)COP(=O)(O)OC[C@H](N)C(=O)O. The second-order valence-corrected chi connectivity index (χ2v) is 18.4. The summed E-state index contributed by atoms with van der Waals surface area (Å²) in [5, 5.41) is 8.91. The van der Waals surface area contributed by atoms with Gasteiger partial charge in [0.1, 0.15) is 12.6 Å². The summed E-state index contributed by atoms with van der Waals surface area (Å²) in [7, 11) is -4.72. The third-order valence-electron chi connectivity index (χ3n) is 11.0. The highest BCUT2D eigenvalue weighted by Gasteiger charge is 2.28. The van der Waals surface area contributed by atoms with Gasteiger partial charge in [-0.15, -0.1) is 0 Å². The Hall–Kier alpha value is -1.78. The van der Waals surface area contributed by atoms with E-state index in [-0.39, 0.29) is 19.4 Å². The van der Waals surface area contributed by atoms with E-state index in [1.165, 1.54) is 148 Å². The van der Waals surface area contributed by atoms with Gasteiger partial charge in [0.05, 0.1) is 13.2 Å². The molecule has 0 heterocycles. The molecule has 60 heavy (non-hydrogen) atoms. The summed E-state index contributed by atoms with van der Waals surface area (Å²) >= 11 is 0. The van der Waals surface area contributed by atoms with Crippen molar-refractivity contribution in [1.82, 2.24) is 0 Å². The molecule has 0 radical (unpaired) electrons. The summed E-state index contributed by atoms with van der Waals surface area (Å²) in [4.78, 5) is 46.1. The van der Waals surface area contributed by atoms with Crippen LogP contribution in [0.25, 0.3) is 0 Å². The maximum absolute atomic E-state index is 12.6. The first-order valence-corrected chi connectivity index (χ1v) is 26.2. The quantitative estimate of drug-likeness (QED) is 0.0230. The number of ether oxygens (including phenoxy) is 2. The standard InChI is InChI=1S/C48H92NO10P/c1-3-5-7-9-11-13-15-17-19-20-21-22-23-24-26-27-29-31-33-35-37-39-46(50)56-41-44(42-57-60(54,55)58-43-45(49)48(52)53)59-47(51)40-38-36-34-32-30-28-25-18-16-14-12-10-8-6-4-2/h18,25,44-45H,3-17,19-24,26-43,49H2,1-2H3,(H,52,53)(H,54,55)/b25-18+/t44-,45-/m0/s1. The zero-order valence-corrected chi connectivity index (χ0v) is 39.5. The molecule has 0 spiro atoms. The van der Waals surface area contributed by atoms with Gasteiger partial charge < -0.3 is 25.2 Å². The number of hydrogen-bond acceptors (Lipinski definition) is 9. The van der Waals surface area contributed by atoms with Gasteiger partial charge in [-0.1, -0.05) is 206 Å². The van der Waals surface area contributed by atoms with Crippen molar-refractivity contribution in [3.8, 4) is 0 Å². The highest BCUT2D eigenvalue weighted by Crippen LogP contribution is 2.43. The number of carboxylic acid groups (broad SMARTS) is 1. The first-order valence-electron chi connectivity index (χ1n) is 24.7. The van der Waals surface area contributed by atoms with Crippen LogP contribution in [-0.4, -0.2) is 59.9 Å². The predicted octanol–water partition coefficient (Wildman–Crippen LogP) is 13.6. The summed E-state index contributed by atoms with van der Waals surface area (Å²) in [5.41, 5.74) is 5.34. The summed E-state index contributed by atoms with van der Waals surface area (Å²) < 4.78 is 32.8. The summed E-state index contributed by atoms with van der Waals surface area (Å²) in [5.74, 6) is -2.37. The van der Waals surface area contributed by atoms with Crippen LogP contribution in [0.5, 0.6) is 0 Å². The lowest BCUT2D eigenvalue weighted by Gasteiger charge is -2.20. The molecule has 0 saturated carbocycles. The van der Waals surface area contributed by atoms with Gasteiger partial charge in [0.25, 0.3) is 0 Å². The van der Waals surface area contributed by atoms with Gasteiger partial charge in [0.15, 0.2) is 6.10 Å². The van der Waals surface area contributed by atoms with E-state index in [0.717, 1.165) is 57.8 Å². The maximum Gasteiger partial charge on any atom is 0.472 e. The Kier molecular flexibility index (Phi) is 42.6. The summed E-state index contributed by atoms with van der Waals surface area (Å²) in [6.07, 6.45) is 45.6. The molecular weight excluding hydrogens is 781 g/mol. The fourth-order valence-electron chi connectivity index (χ4n) is 7.12. The molecular formula is C48H92NO10P. The second-order valence-electron chi connectivity index (χ2n) is 17.0. The Bertz CT molecular complexity index is 1070. The lowest BCUT2D eigenvalue weighted by Crippen LogP contribution is -2.34. The molecule has 3 atom stereocenters. The molecule has 0 amide bonds. The van der Waals surface area contributed by atoms with Crippen LogP contribution in [0.2, 0.25) is 0 Å². The van der Waals surface area contributed by atoms with Gasteiger partial charge in [0.2, 0.25) is 0 Å². The van der Waals surface area contributed by atoms with Crippen molar-refractivity contribution in [3.63, 3.8) is 0 Å². The number of rotatable bonds is 47. The Labute approximate surface area is 367 Å². The van der Waals surface area contributed by atoms with Crippen molar-refractivity contribution < 1.29 is 47.5 Å². The fourth-order valence-corrected chi connectivity index (χ4v) is 7.90. The van der Waals surface area contributed by atoms with E-state index in [1.54, 1.807) is 0 Å². The van der Waals surface area contributed by atoms with Crippen molar-refractivity contribution in [2.75, 3.05) is 19.8 Å². The molecule has 0 aliphatic carbocycles. The van der Waals surface area contributed by atoms with Gasteiger partial charge in [-0.3, -0.25) is 23.4 Å². The zero-order valence-electron chi connectivity index (χ0n) is 38.6. The zero-order chi connectivity index (χ0) is 44.2. The Morgan fingerprint density at radius 3 is 1.22 bits per heavy atom. The van der Waals surface area contributed by atoms with Gasteiger partial charge >= 0.3 is 25.7 Å². The minimum Gasteiger partial charge on any atom is -0.480 e. The van der Waals surface area contributed by atoms with Crippen LogP contribution in [0.1, 0.15) is 245 Å². The van der Waals surface area contributed by atoms with Crippen molar-refractivity contribution in [2.24, 2.45) is 5.73 Å². The van der Waals surface area contributed by atoms with Crippen LogP contribution in [0.15, 0.2) is 12.2 Å². The number of phosphoric acid groups is 1. The van der Waals surface area contributed by atoms with Crippen LogP contribution in [0.4, 0.5) is 0 Å². The van der Waals surface area contributed by atoms with E-state index >= 15 is 0 Å². The van der Waals surface area contributed by atoms with E-state index < -0.39 is 51.1 Å². The fraction of sp³-hybridized carbons (Fsp3) is 0.896. The molecule has 1 unspecified atom stereocenters. The number of esters is 2. The van der Waals surface area contributed by atoms with Crippen LogP contribution in [0.3, 0.4) is 0 Å². The molecule has 0 aromatic rings. The molecule has 12 heteroatoms. The third kappa shape index (κ3) is 42.9. The molecule has 0 fully saturated rings. The average Bonchev–Trinajstić information content (AvgIpc) is 3.22. The van der Waals surface area contributed by atoms with Crippen LogP contribution < -0.4 is 5.73 Å². The number of unbranched alkanes of at least 4 members (excludes halogenated alkanes) is 31. The predicted molar refractivity (Wildman–Crippen MR) is 245 cm³/mol. The number of allylic oxidation sites excluding steroid dienone is 2. The molecule has 354 valence electrons. The van der Waals surface area contributed by atoms with Crippen molar-refractivity contribution in [2.45, 2.75) is 257 Å². The minimum absolute atomic E-state index is 0.156. The molecule has 0 aliphatic rings. The largest absolute Gasteiger partial charge is 0.480 e. The van der Waals surface area contributed by atoms with Gasteiger partial charge in [0, 0.05) is 12.8 Å². The van der Waals surface area contributed by atoms with Crippen molar-refractivity contribution in [1.29, 1.82) is 0 Å². The molecule has 0 aromatic heterocycles. The highest BCUT2D eigenvalue weighted by molar-refractivity contribution is 7.47. The number of carboxylic acids is 1. The smallest absolute Gasteiger partial charge is 0.472 e. The van der Waals surface area contributed by atoms with Gasteiger partial charge in [-0.05, 0) is 38.5 Å². The van der Waals surface area contributed by atoms with Gasteiger partial charge in [-0.2, -0.15) is 0 Å². The van der Waals surface area contributed by atoms with Gasteiger partial charge in [-0.25, -0.2) is 4.57 Å². The third-order valence-corrected chi connectivity index (χ3v) is 12.0. The van der Waals surface area contributed by atoms with E-state index in [0.29, 0.717) is 12.8 Å². The first-order chi connectivity index (χ1) is 29.1.